The van der Waals surface area contributed by atoms with Crippen LogP contribution in [0.15, 0.2) is 54.7 Å². The van der Waals surface area contributed by atoms with Gasteiger partial charge in [0.05, 0.1) is 6.10 Å². The summed E-state index contributed by atoms with van der Waals surface area (Å²) in [5.74, 6) is 2.45. The zero-order valence-electron chi connectivity index (χ0n) is 15.6. The lowest BCUT2D eigenvalue weighted by atomic mass is 9.87. The number of rotatable bonds is 1. The van der Waals surface area contributed by atoms with Crippen molar-refractivity contribution in [3.8, 4) is 0 Å². The number of aliphatic hydroxyl groups is 1. The Morgan fingerprint density at radius 3 is 2.00 bits per heavy atom. The Labute approximate surface area is 151 Å². The molecule has 0 amide bonds. The third-order valence-electron chi connectivity index (χ3n) is 5.34. The van der Waals surface area contributed by atoms with Gasteiger partial charge in [-0.3, -0.25) is 0 Å². The van der Waals surface area contributed by atoms with Gasteiger partial charge in [0.2, 0.25) is 0 Å². The molecule has 2 aromatic rings. The molecular weight excluding hydrogens is 308 g/mol. The summed E-state index contributed by atoms with van der Waals surface area (Å²) in [6, 6.07) is 16.6. The number of hydrogen-bond acceptors (Lipinski definition) is 3. The quantitative estimate of drug-likeness (QED) is 0.843. The molecule has 1 saturated carbocycles. The van der Waals surface area contributed by atoms with E-state index < -0.39 is 0 Å². The Hall–Kier alpha value is -1.87. The fourth-order valence-corrected chi connectivity index (χ4v) is 3.93. The molecule has 2 heterocycles. The standard InChI is InChI=1S/C12H16N2O.C10H14/c15-11-5-9-7-14(8-10(9)6-11)12-3-1-2-4-13-12;1-10(2,3)9-7-5-4-6-8-9/h1-4,9-11,15H,5-8H2;4-8H,1-3H3/t9-,10+,11?;. The van der Waals surface area contributed by atoms with Gasteiger partial charge in [0.25, 0.3) is 0 Å². The molecule has 4 rings (SSSR count). The summed E-state index contributed by atoms with van der Waals surface area (Å²) in [5, 5.41) is 9.56. The van der Waals surface area contributed by atoms with Crippen molar-refractivity contribution in [2.24, 2.45) is 11.8 Å². The van der Waals surface area contributed by atoms with E-state index in [1.807, 2.05) is 18.3 Å². The summed E-state index contributed by atoms with van der Waals surface area (Å²) < 4.78 is 0. The molecule has 0 bridgehead atoms. The second-order valence-electron chi connectivity index (χ2n) is 8.35. The largest absolute Gasteiger partial charge is 0.393 e. The van der Waals surface area contributed by atoms with Crippen molar-refractivity contribution in [1.29, 1.82) is 0 Å². The van der Waals surface area contributed by atoms with Crippen LogP contribution in [0.5, 0.6) is 0 Å². The van der Waals surface area contributed by atoms with Crippen molar-refractivity contribution in [2.75, 3.05) is 18.0 Å². The van der Waals surface area contributed by atoms with Crippen LogP contribution in [0.25, 0.3) is 0 Å². The maximum atomic E-state index is 9.56. The molecule has 1 N–H and O–H groups in total. The fourth-order valence-electron chi connectivity index (χ4n) is 3.93. The third-order valence-corrected chi connectivity index (χ3v) is 5.34. The van der Waals surface area contributed by atoms with Crippen molar-refractivity contribution in [3.05, 3.63) is 60.3 Å². The molecule has 2 fully saturated rings. The van der Waals surface area contributed by atoms with Gasteiger partial charge >= 0.3 is 0 Å². The van der Waals surface area contributed by atoms with Crippen LogP contribution in [0.3, 0.4) is 0 Å². The lowest BCUT2D eigenvalue weighted by molar-refractivity contribution is 0.174. The van der Waals surface area contributed by atoms with E-state index in [0.29, 0.717) is 17.3 Å². The topological polar surface area (TPSA) is 36.4 Å². The number of anilines is 1. The SMILES string of the molecule is CC(C)(C)c1ccccc1.OC1C[C@@H]2CN(c3ccccn3)C[C@@H]2C1. The van der Waals surface area contributed by atoms with Crippen molar-refractivity contribution < 1.29 is 5.11 Å². The molecule has 1 aliphatic heterocycles. The minimum absolute atomic E-state index is 0.0501. The highest BCUT2D eigenvalue weighted by Crippen LogP contribution is 2.39. The Balaban J connectivity index is 0.000000160. The number of aliphatic hydroxyl groups excluding tert-OH is 1. The van der Waals surface area contributed by atoms with E-state index in [1.165, 1.54) is 5.56 Å². The molecule has 1 unspecified atom stereocenters. The van der Waals surface area contributed by atoms with Crippen LogP contribution in [0.2, 0.25) is 0 Å². The summed E-state index contributed by atoms with van der Waals surface area (Å²) in [6.07, 6.45) is 3.76. The number of pyridine rings is 1. The van der Waals surface area contributed by atoms with Gasteiger partial charge in [-0.15, -0.1) is 0 Å². The van der Waals surface area contributed by atoms with E-state index in [0.717, 1.165) is 31.7 Å². The monoisotopic (exact) mass is 338 g/mol. The first kappa shape index (κ1) is 17.9. The molecule has 0 radical (unpaired) electrons. The maximum Gasteiger partial charge on any atom is 0.128 e. The van der Waals surface area contributed by atoms with Gasteiger partial charge in [-0.25, -0.2) is 4.98 Å². The molecule has 3 atom stereocenters. The van der Waals surface area contributed by atoms with Gasteiger partial charge in [0.15, 0.2) is 0 Å². The molecule has 3 nitrogen and oxygen atoms in total. The summed E-state index contributed by atoms with van der Waals surface area (Å²) in [7, 11) is 0. The van der Waals surface area contributed by atoms with Crippen LogP contribution in [0.4, 0.5) is 5.82 Å². The molecule has 134 valence electrons. The summed E-state index contributed by atoms with van der Waals surface area (Å²) >= 11 is 0. The van der Waals surface area contributed by atoms with E-state index in [4.69, 9.17) is 0 Å². The third kappa shape index (κ3) is 4.60. The number of aromatic nitrogens is 1. The minimum atomic E-state index is -0.0501. The summed E-state index contributed by atoms with van der Waals surface area (Å²) in [6.45, 7) is 8.81. The predicted molar refractivity (Wildman–Crippen MR) is 104 cm³/mol. The van der Waals surface area contributed by atoms with Crippen molar-refractivity contribution in [2.45, 2.75) is 45.1 Å². The van der Waals surface area contributed by atoms with Gasteiger partial charge in [-0.05, 0) is 47.8 Å². The zero-order valence-corrected chi connectivity index (χ0v) is 15.6. The van der Waals surface area contributed by atoms with Gasteiger partial charge < -0.3 is 10.0 Å². The van der Waals surface area contributed by atoms with E-state index in [2.05, 4.69) is 67.1 Å². The van der Waals surface area contributed by atoms with Crippen molar-refractivity contribution in [3.63, 3.8) is 0 Å². The lowest BCUT2D eigenvalue weighted by Gasteiger charge is -2.18. The number of hydrogen-bond donors (Lipinski definition) is 1. The van der Waals surface area contributed by atoms with E-state index >= 15 is 0 Å². The van der Waals surface area contributed by atoms with Crippen LogP contribution in [0.1, 0.15) is 39.2 Å². The number of benzene rings is 1. The molecule has 2 aliphatic rings. The first-order chi connectivity index (χ1) is 11.9. The van der Waals surface area contributed by atoms with Gasteiger partial charge in [0.1, 0.15) is 5.82 Å². The average Bonchev–Trinajstić information content (AvgIpc) is 3.14. The van der Waals surface area contributed by atoms with Crippen LogP contribution >= 0.6 is 0 Å². The molecule has 1 aromatic carbocycles. The molecule has 3 heteroatoms. The van der Waals surface area contributed by atoms with E-state index in [-0.39, 0.29) is 6.10 Å². The highest BCUT2D eigenvalue weighted by molar-refractivity contribution is 5.39. The molecule has 1 aliphatic carbocycles. The van der Waals surface area contributed by atoms with Crippen LogP contribution < -0.4 is 4.90 Å². The second-order valence-corrected chi connectivity index (χ2v) is 8.35. The predicted octanol–water partition coefficient (Wildman–Crippen LogP) is 4.27. The number of nitrogens with zero attached hydrogens (tertiary/aromatic N) is 2. The Bertz CT molecular complexity index is 637. The van der Waals surface area contributed by atoms with E-state index in [1.54, 1.807) is 0 Å². The lowest BCUT2D eigenvalue weighted by Crippen LogP contribution is -2.23. The maximum absolute atomic E-state index is 9.56. The van der Waals surface area contributed by atoms with Crippen molar-refractivity contribution >= 4 is 5.82 Å². The summed E-state index contributed by atoms with van der Waals surface area (Å²) in [5.41, 5.74) is 1.69. The summed E-state index contributed by atoms with van der Waals surface area (Å²) in [4.78, 5) is 6.72. The molecule has 25 heavy (non-hydrogen) atoms. The van der Waals surface area contributed by atoms with Crippen molar-refractivity contribution in [1.82, 2.24) is 4.98 Å². The van der Waals surface area contributed by atoms with Gasteiger partial charge in [0, 0.05) is 19.3 Å². The highest BCUT2D eigenvalue weighted by atomic mass is 16.3. The molecule has 1 aromatic heterocycles. The smallest absolute Gasteiger partial charge is 0.128 e. The van der Waals surface area contributed by atoms with Crippen LogP contribution in [-0.2, 0) is 5.41 Å². The molecular formula is C22H30N2O. The highest BCUT2D eigenvalue weighted by Gasteiger charge is 2.40. The van der Waals surface area contributed by atoms with Crippen LogP contribution in [0, 0.1) is 11.8 Å². The van der Waals surface area contributed by atoms with Gasteiger partial charge in [-0.1, -0.05) is 57.2 Å². The molecule has 0 spiro atoms. The normalized spacial score (nSPS) is 25.3. The van der Waals surface area contributed by atoms with Gasteiger partial charge in [-0.2, -0.15) is 0 Å². The minimum Gasteiger partial charge on any atom is -0.393 e. The first-order valence-electron chi connectivity index (χ1n) is 9.33. The average molecular weight is 338 g/mol. The van der Waals surface area contributed by atoms with E-state index in [9.17, 15) is 5.11 Å². The number of fused-ring (bicyclic) bond motifs is 1. The fraction of sp³-hybridized carbons (Fsp3) is 0.500. The zero-order chi connectivity index (χ0) is 17.9. The Morgan fingerprint density at radius 1 is 0.920 bits per heavy atom. The van der Waals surface area contributed by atoms with Crippen LogP contribution in [-0.4, -0.2) is 29.3 Å². The Kier molecular flexibility index (Phi) is 5.43. The Morgan fingerprint density at radius 2 is 1.52 bits per heavy atom. The first-order valence-corrected chi connectivity index (χ1v) is 9.33. The molecule has 1 saturated heterocycles. The second kappa shape index (κ2) is 7.57.